The molecule has 4 N–H and O–H groups in total. The van der Waals surface area contributed by atoms with Gasteiger partial charge in [-0.3, -0.25) is 0 Å². The van der Waals surface area contributed by atoms with E-state index in [0.717, 1.165) is 15.7 Å². The van der Waals surface area contributed by atoms with E-state index >= 15 is 0 Å². The normalized spacial score (nSPS) is 13.8. The first-order chi connectivity index (χ1) is 9.05. The van der Waals surface area contributed by atoms with Crippen LogP contribution in [-0.2, 0) is 5.54 Å². The molecular formula is C15H17BrN2O. The van der Waals surface area contributed by atoms with E-state index in [2.05, 4.69) is 21.2 Å². The lowest BCUT2D eigenvalue weighted by Gasteiger charge is -2.31. The number of aliphatic hydroxyl groups is 1. The van der Waals surface area contributed by atoms with E-state index in [0.29, 0.717) is 5.69 Å². The largest absolute Gasteiger partial charge is 0.397 e. The number of nitrogen functional groups attached to an aromatic ring is 1. The lowest BCUT2D eigenvalue weighted by molar-refractivity contribution is 0.224. The predicted molar refractivity (Wildman–Crippen MR) is 83.1 cm³/mol. The molecule has 0 aliphatic rings. The standard InChI is InChI=1S/C15H17BrN2O/c1-15(10-19,11-5-3-2-4-6-11)18-14-8-7-12(16)9-13(14)17/h2-9,18-19H,10,17H2,1H3. The Hall–Kier alpha value is -1.52. The van der Waals surface area contributed by atoms with Gasteiger partial charge in [-0.1, -0.05) is 46.3 Å². The highest BCUT2D eigenvalue weighted by atomic mass is 79.9. The number of nitrogens with two attached hydrogens (primary N) is 1. The van der Waals surface area contributed by atoms with Crippen LogP contribution in [0.15, 0.2) is 53.0 Å². The van der Waals surface area contributed by atoms with Crippen molar-refractivity contribution in [1.82, 2.24) is 0 Å². The summed E-state index contributed by atoms with van der Waals surface area (Å²) in [6.07, 6.45) is 0. The molecule has 1 atom stereocenters. The number of anilines is 2. The lowest BCUT2D eigenvalue weighted by atomic mass is 9.92. The molecule has 0 radical (unpaired) electrons. The number of halogens is 1. The highest BCUT2D eigenvalue weighted by molar-refractivity contribution is 9.10. The van der Waals surface area contributed by atoms with E-state index < -0.39 is 5.54 Å². The minimum absolute atomic E-state index is 0.0213. The molecule has 2 rings (SSSR count). The van der Waals surface area contributed by atoms with Crippen molar-refractivity contribution in [3.63, 3.8) is 0 Å². The van der Waals surface area contributed by atoms with Crippen LogP contribution in [0.25, 0.3) is 0 Å². The Bertz CT molecular complexity index is 559. The summed E-state index contributed by atoms with van der Waals surface area (Å²) in [6.45, 7) is 1.93. The van der Waals surface area contributed by atoms with Gasteiger partial charge in [-0.25, -0.2) is 0 Å². The monoisotopic (exact) mass is 320 g/mol. The molecule has 0 heterocycles. The van der Waals surface area contributed by atoms with Gasteiger partial charge in [0, 0.05) is 4.47 Å². The van der Waals surface area contributed by atoms with Crippen LogP contribution in [0.2, 0.25) is 0 Å². The number of hydrogen-bond donors (Lipinski definition) is 3. The first-order valence-electron chi connectivity index (χ1n) is 6.05. The van der Waals surface area contributed by atoms with Crippen molar-refractivity contribution in [2.24, 2.45) is 0 Å². The van der Waals surface area contributed by atoms with E-state index in [1.54, 1.807) is 0 Å². The summed E-state index contributed by atoms with van der Waals surface area (Å²) in [6, 6.07) is 15.5. The predicted octanol–water partition coefficient (Wildman–Crippen LogP) is 3.35. The van der Waals surface area contributed by atoms with Crippen molar-refractivity contribution in [2.75, 3.05) is 17.7 Å². The number of aliphatic hydroxyl groups excluding tert-OH is 1. The van der Waals surface area contributed by atoms with Crippen molar-refractivity contribution in [2.45, 2.75) is 12.5 Å². The Balaban J connectivity index is 2.33. The van der Waals surface area contributed by atoms with E-state index in [1.165, 1.54) is 0 Å². The lowest BCUT2D eigenvalue weighted by Crippen LogP contribution is -2.36. The molecule has 0 fully saturated rings. The van der Waals surface area contributed by atoms with Gasteiger partial charge in [0.05, 0.1) is 23.5 Å². The quantitative estimate of drug-likeness (QED) is 0.757. The van der Waals surface area contributed by atoms with Crippen molar-refractivity contribution in [3.8, 4) is 0 Å². The van der Waals surface area contributed by atoms with Gasteiger partial charge < -0.3 is 16.2 Å². The molecule has 0 aliphatic carbocycles. The van der Waals surface area contributed by atoms with Crippen LogP contribution in [-0.4, -0.2) is 11.7 Å². The van der Waals surface area contributed by atoms with Crippen LogP contribution in [0.4, 0.5) is 11.4 Å². The van der Waals surface area contributed by atoms with Crippen molar-refractivity contribution in [3.05, 3.63) is 58.6 Å². The molecule has 19 heavy (non-hydrogen) atoms. The zero-order valence-corrected chi connectivity index (χ0v) is 12.3. The molecule has 0 amide bonds. The van der Waals surface area contributed by atoms with E-state index in [4.69, 9.17) is 5.73 Å². The zero-order valence-electron chi connectivity index (χ0n) is 10.7. The smallest absolute Gasteiger partial charge is 0.0829 e. The third kappa shape index (κ3) is 3.08. The maximum atomic E-state index is 9.73. The van der Waals surface area contributed by atoms with E-state index in [9.17, 15) is 5.11 Å². The Labute approximate surface area is 121 Å². The Morgan fingerprint density at radius 3 is 2.47 bits per heavy atom. The molecule has 0 aromatic heterocycles. The van der Waals surface area contributed by atoms with Gasteiger partial charge >= 0.3 is 0 Å². The fourth-order valence-electron chi connectivity index (χ4n) is 1.95. The second-order valence-corrected chi connectivity index (χ2v) is 5.63. The van der Waals surface area contributed by atoms with Crippen LogP contribution in [0.5, 0.6) is 0 Å². The molecule has 0 spiro atoms. The maximum Gasteiger partial charge on any atom is 0.0829 e. The number of nitrogens with one attached hydrogen (secondary N) is 1. The molecule has 0 bridgehead atoms. The molecular weight excluding hydrogens is 304 g/mol. The average molecular weight is 321 g/mol. The minimum atomic E-state index is -0.566. The van der Waals surface area contributed by atoms with Crippen LogP contribution >= 0.6 is 15.9 Å². The van der Waals surface area contributed by atoms with Crippen molar-refractivity contribution < 1.29 is 5.11 Å². The summed E-state index contributed by atoms with van der Waals surface area (Å²) in [5.74, 6) is 0. The second kappa shape index (κ2) is 5.63. The topological polar surface area (TPSA) is 58.3 Å². The minimum Gasteiger partial charge on any atom is -0.397 e. The molecule has 1 unspecified atom stereocenters. The summed E-state index contributed by atoms with van der Waals surface area (Å²) in [5.41, 5.74) is 7.89. The Kier molecular flexibility index (Phi) is 4.12. The highest BCUT2D eigenvalue weighted by Gasteiger charge is 2.25. The number of hydrogen-bond acceptors (Lipinski definition) is 3. The van der Waals surface area contributed by atoms with Crippen LogP contribution in [0.1, 0.15) is 12.5 Å². The highest BCUT2D eigenvalue weighted by Crippen LogP contribution is 2.30. The molecule has 2 aromatic rings. The number of rotatable bonds is 4. The first-order valence-corrected chi connectivity index (χ1v) is 6.84. The summed E-state index contributed by atoms with van der Waals surface area (Å²) >= 11 is 3.38. The molecule has 3 nitrogen and oxygen atoms in total. The zero-order chi connectivity index (χ0) is 13.9. The van der Waals surface area contributed by atoms with Crippen LogP contribution < -0.4 is 11.1 Å². The molecule has 100 valence electrons. The summed E-state index contributed by atoms with van der Waals surface area (Å²) in [5, 5.41) is 13.1. The Morgan fingerprint density at radius 2 is 1.89 bits per heavy atom. The van der Waals surface area contributed by atoms with E-state index in [1.807, 2.05) is 55.5 Å². The number of benzene rings is 2. The van der Waals surface area contributed by atoms with Gasteiger partial charge in [0.25, 0.3) is 0 Å². The summed E-state index contributed by atoms with van der Waals surface area (Å²) in [7, 11) is 0. The van der Waals surface area contributed by atoms with Gasteiger partial charge in [-0.15, -0.1) is 0 Å². The summed E-state index contributed by atoms with van der Waals surface area (Å²) in [4.78, 5) is 0. The van der Waals surface area contributed by atoms with Crippen molar-refractivity contribution >= 4 is 27.3 Å². The molecule has 0 saturated heterocycles. The molecule has 4 heteroatoms. The van der Waals surface area contributed by atoms with Gasteiger partial charge in [0.1, 0.15) is 0 Å². The van der Waals surface area contributed by atoms with E-state index in [-0.39, 0.29) is 6.61 Å². The molecule has 0 saturated carbocycles. The van der Waals surface area contributed by atoms with Gasteiger partial charge in [0.2, 0.25) is 0 Å². The fourth-order valence-corrected chi connectivity index (χ4v) is 2.33. The van der Waals surface area contributed by atoms with Gasteiger partial charge in [-0.2, -0.15) is 0 Å². The fraction of sp³-hybridized carbons (Fsp3) is 0.200. The third-order valence-corrected chi connectivity index (χ3v) is 3.64. The Morgan fingerprint density at radius 1 is 1.21 bits per heavy atom. The average Bonchev–Trinajstić information content (AvgIpc) is 2.43. The SMILES string of the molecule is CC(CO)(Nc1ccc(Br)cc1N)c1ccccc1. The van der Waals surface area contributed by atoms with Gasteiger partial charge in [0.15, 0.2) is 0 Å². The van der Waals surface area contributed by atoms with Crippen LogP contribution in [0.3, 0.4) is 0 Å². The first kappa shape index (κ1) is 13.9. The summed E-state index contributed by atoms with van der Waals surface area (Å²) < 4.78 is 0.931. The molecule has 0 aliphatic heterocycles. The second-order valence-electron chi connectivity index (χ2n) is 4.71. The van der Waals surface area contributed by atoms with Crippen molar-refractivity contribution in [1.29, 1.82) is 0 Å². The molecule has 2 aromatic carbocycles. The van der Waals surface area contributed by atoms with Crippen LogP contribution in [0, 0.1) is 0 Å². The third-order valence-electron chi connectivity index (χ3n) is 3.15. The maximum absolute atomic E-state index is 9.73. The van der Waals surface area contributed by atoms with Gasteiger partial charge in [-0.05, 0) is 30.7 Å².